The monoisotopic (exact) mass is 410 g/mol. The van der Waals surface area contributed by atoms with Gasteiger partial charge in [0.15, 0.2) is 5.78 Å². The number of rotatable bonds is 4. The second-order valence-electron chi connectivity index (χ2n) is 8.31. The van der Waals surface area contributed by atoms with Crippen molar-refractivity contribution in [3.05, 3.63) is 52.5 Å². The molecule has 3 saturated carbocycles. The third kappa shape index (κ3) is 3.03. The fourth-order valence-corrected chi connectivity index (χ4v) is 5.67. The lowest BCUT2D eigenvalue weighted by Gasteiger charge is -2.44. The molecule has 6 heteroatoms. The van der Waals surface area contributed by atoms with Gasteiger partial charge in [0, 0.05) is 11.8 Å². The van der Waals surface area contributed by atoms with Gasteiger partial charge in [-0.15, -0.1) is 0 Å². The van der Waals surface area contributed by atoms with E-state index in [9.17, 15) is 9.90 Å². The van der Waals surface area contributed by atoms with Crippen LogP contribution in [-0.4, -0.2) is 20.9 Å². The molecule has 0 spiro atoms. The molecule has 0 aliphatic heterocycles. The minimum absolute atomic E-state index is 0.00104. The molecule has 2 unspecified atom stereocenters. The summed E-state index contributed by atoms with van der Waals surface area (Å²) < 4.78 is 5.78. The number of nitrogens with zero attached hydrogens (tertiary/aromatic N) is 2. The van der Waals surface area contributed by atoms with Gasteiger partial charge in [0.1, 0.15) is 11.5 Å². The first-order valence-corrected chi connectivity index (χ1v) is 10.7. The highest BCUT2D eigenvalue weighted by atomic mass is 35.5. The number of ketones is 1. The summed E-state index contributed by atoms with van der Waals surface area (Å²) in [4.78, 5) is 21.6. The largest absolute Gasteiger partial charge is 0.511 e. The number of carbonyl (C=O) groups excluding carboxylic acids is 1. The van der Waals surface area contributed by atoms with Gasteiger partial charge in [-0.05, 0) is 67.2 Å². The molecule has 1 N–H and O–H groups in total. The fourth-order valence-electron chi connectivity index (χ4n) is 5.57. The van der Waals surface area contributed by atoms with E-state index in [2.05, 4.69) is 16.9 Å². The van der Waals surface area contributed by atoms with E-state index in [1.54, 1.807) is 0 Å². The maximum Gasteiger partial charge on any atom is 0.321 e. The molecule has 150 valence electrons. The number of halogens is 1. The molecule has 1 heterocycles. The predicted molar refractivity (Wildman–Crippen MR) is 110 cm³/mol. The van der Waals surface area contributed by atoms with E-state index >= 15 is 0 Å². The lowest BCUT2D eigenvalue weighted by Crippen LogP contribution is -2.41. The van der Waals surface area contributed by atoms with E-state index in [0.29, 0.717) is 33.9 Å². The van der Waals surface area contributed by atoms with E-state index in [4.69, 9.17) is 16.3 Å². The summed E-state index contributed by atoms with van der Waals surface area (Å²) in [6.07, 6.45) is 8.16. The smallest absolute Gasteiger partial charge is 0.321 e. The number of Topliss-reactive ketones (excluding diaryl/α,β-unsaturated/α-hetero) is 1. The molecule has 6 rings (SSSR count). The molecule has 0 radical (unpaired) electrons. The second kappa shape index (κ2) is 7.13. The molecular formula is C23H23ClN2O3. The van der Waals surface area contributed by atoms with E-state index in [1.165, 1.54) is 12.4 Å². The molecule has 3 fully saturated rings. The van der Waals surface area contributed by atoms with Crippen molar-refractivity contribution in [3.8, 4) is 11.8 Å². The molecule has 29 heavy (non-hydrogen) atoms. The topological polar surface area (TPSA) is 72.3 Å². The maximum absolute atomic E-state index is 13.4. The van der Waals surface area contributed by atoms with Crippen LogP contribution in [0.1, 0.15) is 43.7 Å². The Morgan fingerprint density at radius 2 is 1.76 bits per heavy atom. The highest BCUT2D eigenvalue weighted by molar-refractivity contribution is 6.30. The second-order valence-corrected chi connectivity index (χ2v) is 8.75. The standard InChI is InChI=1S/C23H23ClN2O3/c1-2-12-7-8-16(29-23-25-10-15(24)11-26-23)9-17(12)20-21(27)18-13-3-4-14(6-5-13)19(18)22(20)28/h7-11,13-14,18-19,27H,2-6H2,1H3. The number of aliphatic hydroxyl groups is 1. The Hall–Kier alpha value is -2.40. The van der Waals surface area contributed by atoms with Crippen LogP contribution in [0, 0.1) is 23.7 Å². The maximum atomic E-state index is 13.4. The molecule has 1 aromatic carbocycles. The summed E-state index contributed by atoms with van der Waals surface area (Å²) in [6, 6.07) is 5.81. The number of hydrogen-bond acceptors (Lipinski definition) is 5. The lowest BCUT2D eigenvalue weighted by molar-refractivity contribution is -0.123. The van der Waals surface area contributed by atoms with E-state index in [0.717, 1.165) is 43.2 Å². The van der Waals surface area contributed by atoms with Crippen molar-refractivity contribution in [2.24, 2.45) is 23.7 Å². The Balaban J connectivity index is 1.54. The molecule has 1 aromatic heterocycles. The number of fused-ring (bicyclic) bond motifs is 2. The van der Waals surface area contributed by atoms with Crippen LogP contribution >= 0.6 is 11.6 Å². The van der Waals surface area contributed by atoms with E-state index in [1.807, 2.05) is 18.2 Å². The summed E-state index contributed by atoms with van der Waals surface area (Å²) >= 11 is 5.83. The van der Waals surface area contributed by atoms with Gasteiger partial charge in [-0.3, -0.25) is 4.79 Å². The van der Waals surface area contributed by atoms with Crippen LogP contribution < -0.4 is 4.74 Å². The van der Waals surface area contributed by atoms with Crippen LogP contribution in [0.4, 0.5) is 0 Å². The average Bonchev–Trinajstić information content (AvgIpc) is 3.03. The van der Waals surface area contributed by atoms with Crippen molar-refractivity contribution in [1.82, 2.24) is 9.97 Å². The minimum atomic E-state index is -0.0496. The van der Waals surface area contributed by atoms with Crippen LogP contribution in [0.3, 0.4) is 0 Å². The van der Waals surface area contributed by atoms with Gasteiger partial charge in [0.05, 0.1) is 23.0 Å². The summed E-state index contributed by atoms with van der Waals surface area (Å²) in [5.74, 6) is 1.72. The molecule has 0 amide bonds. The van der Waals surface area contributed by atoms with Crippen LogP contribution in [0.2, 0.25) is 5.02 Å². The minimum Gasteiger partial charge on any atom is -0.511 e. The van der Waals surface area contributed by atoms with Gasteiger partial charge in [-0.25, -0.2) is 9.97 Å². The van der Waals surface area contributed by atoms with Gasteiger partial charge < -0.3 is 9.84 Å². The zero-order chi connectivity index (χ0) is 20.1. The summed E-state index contributed by atoms with van der Waals surface area (Å²) in [6.45, 7) is 2.05. The van der Waals surface area contributed by atoms with Gasteiger partial charge in [-0.2, -0.15) is 0 Å². The summed E-state index contributed by atoms with van der Waals surface area (Å²) in [7, 11) is 0. The third-order valence-electron chi connectivity index (χ3n) is 6.88. The molecule has 5 nitrogen and oxygen atoms in total. The molecule has 2 atom stereocenters. The van der Waals surface area contributed by atoms with Crippen molar-refractivity contribution >= 4 is 23.0 Å². The number of benzene rings is 1. The number of hydrogen-bond donors (Lipinski definition) is 1. The SMILES string of the molecule is CCc1ccc(Oc2ncc(Cl)cn2)cc1C1=C(O)C2C3CCC(CC3)C2C1=O. The van der Waals surface area contributed by atoms with E-state index < -0.39 is 0 Å². The Kier molecular flexibility index (Phi) is 4.58. The van der Waals surface area contributed by atoms with Crippen LogP contribution in [0.15, 0.2) is 36.4 Å². The molecule has 4 aliphatic carbocycles. The number of ether oxygens (including phenoxy) is 1. The predicted octanol–water partition coefficient (Wildman–Crippen LogP) is 5.39. The lowest BCUT2D eigenvalue weighted by atomic mass is 9.59. The Labute approximate surface area is 174 Å². The van der Waals surface area contributed by atoms with Crippen molar-refractivity contribution in [3.63, 3.8) is 0 Å². The van der Waals surface area contributed by atoms with Gasteiger partial charge >= 0.3 is 6.01 Å². The molecule has 2 aromatic rings. The van der Waals surface area contributed by atoms with Gasteiger partial charge in [0.25, 0.3) is 0 Å². The molecule has 4 aliphatic rings. The zero-order valence-corrected chi connectivity index (χ0v) is 17.0. The highest BCUT2D eigenvalue weighted by Gasteiger charge is 2.54. The third-order valence-corrected chi connectivity index (χ3v) is 7.07. The van der Waals surface area contributed by atoms with Crippen LogP contribution in [0.25, 0.3) is 5.57 Å². The fraction of sp³-hybridized carbons (Fsp3) is 0.435. The number of allylic oxidation sites excluding steroid dienone is 2. The number of aliphatic hydroxyl groups excluding tert-OH is 1. The number of aryl methyl sites for hydroxylation is 1. The number of aromatic nitrogens is 2. The van der Waals surface area contributed by atoms with Gasteiger partial charge in [-0.1, -0.05) is 24.6 Å². The van der Waals surface area contributed by atoms with E-state index in [-0.39, 0.29) is 23.6 Å². The Morgan fingerprint density at radius 3 is 2.38 bits per heavy atom. The van der Waals surface area contributed by atoms with Gasteiger partial charge in [0.2, 0.25) is 0 Å². The Morgan fingerprint density at radius 1 is 1.10 bits per heavy atom. The quantitative estimate of drug-likeness (QED) is 0.731. The van der Waals surface area contributed by atoms with Crippen molar-refractivity contribution in [2.45, 2.75) is 39.0 Å². The normalized spacial score (nSPS) is 28.0. The highest BCUT2D eigenvalue weighted by Crippen LogP contribution is 2.57. The van der Waals surface area contributed by atoms with Crippen LogP contribution in [0.5, 0.6) is 11.8 Å². The molecule has 0 saturated heterocycles. The first-order valence-electron chi connectivity index (χ1n) is 10.3. The molecule has 2 bridgehead atoms. The summed E-state index contributed by atoms with van der Waals surface area (Å²) in [5, 5.41) is 11.6. The summed E-state index contributed by atoms with van der Waals surface area (Å²) in [5.41, 5.74) is 2.30. The molecular weight excluding hydrogens is 388 g/mol. The number of carbonyl (C=O) groups is 1. The average molecular weight is 411 g/mol. The first-order chi connectivity index (χ1) is 14.1. The van der Waals surface area contributed by atoms with Crippen molar-refractivity contribution in [2.75, 3.05) is 0 Å². The van der Waals surface area contributed by atoms with Crippen molar-refractivity contribution in [1.29, 1.82) is 0 Å². The first kappa shape index (κ1) is 18.6. The van der Waals surface area contributed by atoms with Crippen molar-refractivity contribution < 1.29 is 14.6 Å². The van der Waals surface area contributed by atoms with Crippen LogP contribution in [-0.2, 0) is 11.2 Å². The zero-order valence-electron chi connectivity index (χ0n) is 16.3. The Bertz CT molecular complexity index is 994.